The summed E-state index contributed by atoms with van der Waals surface area (Å²) >= 11 is 0. The molecule has 0 aromatic carbocycles. The summed E-state index contributed by atoms with van der Waals surface area (Å²) in [6, 6.07) is 0. The van der Waals surface area contributed by atoms with Gasteiger partial charge in [-0.15, -0.1) is 0 Å². The Hall–Kier alpha value is -0.330. The average molecular weight is 138 g/mol. The van der Waals surface area contributed by atoms with Crippen LogP contribution in [0.25, 0.3) is 0 Å². The minimum Gasteiger partial charge on any atom is -0.303 e. The first kappa shape index (κ1) is 6.38. The highest BCUT2D eigenvalue weighted by atomic mass is 16.1. The zero-order valence-corrected chi connectivity index (χ0v) is 6.52. The zero-order chi connectivity index (χ0) is 7.24. The van der Waals surface area contributed by atoms with Crippen molar-refractivity contribution in [2.75, 3.05) is 0 Å². The van der Waals surface area contributed by atoms with E-state index in [0.717, 1.165) is 6.29 Å². The van der Waals surface area contributed by atoms with Crippen molar-refractivity contribution in [2.24, 2.45) is 10.8 Å². The summed E-state index contributed by atoms with van der Waals surface area (Å²) in [6.45, 7) is 2.09. The maximum atomic E-state index is 10.5. The number of hydrogen-bond acceptors (Lipinski definition) is 1. The highest BCUT2D eigenvalue weighted by Crippen LogP contribution is 2.63. The van der Waals surface area contributed by atoms with Crippen LogP contribution in [0.4, 0.5) is 0 Å². The maximum Gasteiger partial charge on any atom is 0.125 e. The van der Waals surface area contributed by atoms with Gasteiger partial charge in [0.1, 0.15) is 6.29 Å². The van der Waals surface area contributed by atoms with Gasteiger partial charge in [-0.05, 0) is 31.1 Å². The van der Waals surface area contributed by atoms with E-state index in [1.54, 1.807) is 0 Å². The van der Waals surface area contributed by atoms with Gasteiger partial charge in [-0.2, -0.15) is 0 Å². The minimum atomic E-state index is 0.0699. The average Bonchev–Trinajstić information content (AvgIpc) is 1.77. The Morgan fingerprint density at radius 1 is 1.30 bits per heavy atom. The van der Waals surface area contributed by atoms with Crippen LogP contribution in [0.15, 0.2) is 0 Å². The first-order valence-electron chi connectivity index (χ1n) is 4.15. The van der Waals surface area contributed by atoms with Crippen molar-refractivity contribution in [1.29, 1.82) is 0 Å². The fourth-order valence-electron chi connectivity index (χ4n) is 2.78. The number of hydrogen-bond donors (Lipinski definition) is 0. The predicted molar refractivity (Wildman–Crippen MR) is 39.7 cm³/mol. The summed E-state index contributed by atoms with van der Waals surface area (Å²) < 4.78 is 0. The number of carbonyl (C=O) groups excluding carboxylic acids is 1. The SMILES string of the molecule is CC1(C=O)CC2(CCC2)C1. The summed E-state index contributed by atoms with van der Waals surface area (Å²) in [4.78, 5) is 10.5. The molecule has 1 spiro atoms. The molecule has 2 rings (SSSR count). The van der Waals surface area contributed by atoms with Gasteiger partial charge in [0.15, 0.2) is 0 Å². The molecule has 0 N–H and O–H groups in total. The molecule has 1 nitrogen and oxygen atoms in total. The third-order valence-electron chi connectivity index (χ3n) is 3.26. The molecule has 0 heterocycles. The van der Waals surface area contributed by atoms with Gasteiger partial charge >= 0.3 is 0 Å². The van der Waals surface area contributed by atoms with Crippen molar-refractivity contribution in [1.82, 2.24) is 0 Å². The van der Waals surface area contributed by atoms with E-state index in [0.29, 0.717) is 5.41 Å². The number of carbonyl (C=O) groups is 1. The summed E-state index contributed by atoms with van der Waals surface area (Å²) in [6.07, 6.45) is 7.66. The molecule has 0 radical (unpaired) electrons. The molecule has 10 heavy (non-hydrogen) atoms. The van der Waals surface area contributed by atoms with Gasteiger partial charge in [0, 0.05) is 5.41 Å². The Morgan fingerprint density at radius 3 is 2.20 bits per heavy atom. The van der Waals surface area contributed by atoms with Crippen molar-refractivity contribution in [2.45, 2.75) is 39.0 Å². The first-order valence-corrected chi connectivity index (χ1v) is 4.15. The van der Waals surface area contributed by atoms with Crippen LogP contribution >= 0.6 is 0 Å². The second-order valence-electron chi connectivity index (χ2n) is 4.48. The van der Waals surface area contributed by atoms with Crippen LogP contribution in [-0.4, -0.2) is 6.29 Å². The Bertz CT molecular complexity index is 160. The van der Waals surface area contributed by atoms with Crippen molar-refractivity contribution in [3.8, 4) is 0 Å². The van der Waals surface area contributed by atoms with Crippen LogP contribution in [0.3, 0.4) is 0 Å². The van der Waals surface area contributed by atoms with Crippen LogP contribution < -0.4 is 0 Å². The lowest BCUT2D eigenvalue weighted by molar-refractivity contribution is -0.137. The molecule has 2 fully saturated rings. The summed E-state index contributed by atoms with van der Waals surface area (Å²) in [5.74, 6) is 0. The molecule has 0 unspecified atom stereocenters. The molecule has 0 amide bonds. The molecule has 0 bridgehead atoms. The van der Waals surface area contributed by atoms with Gasteiger partial charge in [-0.3, -0.25) is 0 Å². The molecule has 0 atom stereocenters. The van der Waals surface area contributed by atoms with E-state index in [1.807, 2.05) is 0 Å². The topological polar surface area (TPSA) is 17.1 Å². The lowest BCUT2D eigenvalue weighted by Gasteiger charge is -2.57. The molecule has 0 aromatic rings. The number of aldehydes is 1. The van der Waals surface area contributed by atoms with Crippen molar-refractivity contribution < 1.29 is 4.79 Å². The quantitative estimate of drug-likeness (QED) is 0.507. The van der Waals surface area contributed by atoms with E-state index >= 15 is 0 Å². The highest BCUT2D eigenvalue weighted by Gasteiger charge is 2.54. The van der Waals surface area contributed by atoms with Gasteiger partial charge in [-0.25, -0.2) is 0 Å². The largest absolute Gasteiger partial charge is 0.303 e. The van der Waals surface area contributed by atoms with Crippen LogP contribution in [0.1, 0.15) is 39.0 Å². The zero-order valence-electron chi connectivity index (χ0n) is 6.52. The van der Waals surface area contributed by atoms with E-state index in [-0.39, 0.29) is 5.41 Å². The van der Waals surface area contributed by atoms with E-state index in [2.05, 4.69) is 6.92 Å². The molecule has 1 heteroatoms. The Morgan fingerprint density at radius 2 is 1.90 bits per heavy atom. The Balaban J connectivity index is 1.98. The van der Waals surface area contributed by atoms with Crippen molar-refractivity contribution in [3.63, 3.8) is 0 Å². The van der Waals surface area contributed by atoms with Gasteiger partial charge < -0.3 is 4.79 Å². The lowest BCUT2D eigenvalue weighted by atomic mass is 9.46. The van der Waals surface area contributed by atoms with Gasteiger partial charge in [-0.1, -0.05) is 13.3 Å². The smallest absolute Gasteiger partial charge is 0.125 e. The van der Waals surface area contributed by atoms with Gasteiger partial charge in [0.05, 0.1) is 0 Å². The summed E-state index contributed by atoms with van der Waals surface area (Å²) in [5.41, 5.74) is 0.718. The number of rotatable bonds is 1. The van der Waals surface area contributed by atoms with E-state index in [4.69, 9.17) is 0 Å². The second-order valence-corrected chi connectivity index (χ2v) is 4.48. The second kappa shape index (κ2) is 1.63. The van der Waals surface area contributed by atoms with E-state index in [9.17, 15) is 4.79 Å². The van der Waals surface area contributed by atoms with Crippen LogP contribution in [0.2, 0.25) is 0 Å². The molecule has 2 saturated carbocycles. The van der Waals surface area contributed by atoms with Gasteiger partial charge in [0.2, 0.25) is 0 Å². The van der Waals surface area contributed by atoms with E-state index < -0.39 is 0 Å². The molecule has 56 valence electrons. The third-order valence-corrected chi connectivity index (χ3v) is 3.26. The monoisotopic (exact) mass is 138 g/mol. The summed E-state index contributed by atoms with van der Waals surface area (Å²) in [7, 11) is 0. The maximum absolute atomic E-state index is 10.5. The standard InChI is InChI=1S/C9H14O/c1-8(7-10)5-9(6-8)3-2-4-9/h7H,2-6H2,1H3. The fraction of sp³-hybridized carbons (Fsp3) is 0.889. The third kappa shape index (κ3) is 0.664. The van der Waals surface area contributed by atoms with Gasteiger partial charge in [0.25, 0.3) is 0 Å². The lowest BCUT2D eigenvalue weighted by Crippen LogP contribution is -2.49. The predicted octanol–water partition coefficient (Wildman–Crippen LogP) is 2.16. The fourth-order valence-corrected chi connectivity index (χ4v) is 2.78. The minimum absolute atomic E-state index is 0.0699. The molecular formula is C9H14O. The highest BCUT2D eigenvalue weighted by molar-refractivity contribution is 5.61. The molecular weight excluding hydrogens is 124 g/mol. The van der Waals surface area contributed by atoms with Crippen molar-refractivity contribution in [3.05, 3.63) is 0 Å². The Kier molecular flexibility index (Phi) is 1.04. The van der Waals surface area contributed by atoms with Crippen LogP contribution in [0, 0.1) is 10.8 Å². The van der Waals surface area contributed by atoms with E-state index in [1.165, 1.54) is 32.1 Å². The molecule has 0 aromatic heterocycles. The van der Waals surface area contributed by atoms with Crippen LogP contribution in [0.5, 0.6) is 0 Å². The normalized spacial score (nSPS) is 32.5. The van der Waals surface area contributed by atoms with Crippen LogP contribution in [-0.2, 0) is 4.79 Å². The molecule has 0 aliphatic heterocycles. The van der Waals surface area contributed by atoms with Crippen molar-refractivity contribution >= 4 is 6.29 Å². The first-order chi connectivity index (χ1) is 4.68. The summed E-state index contributed by atoms with van der Waals surface area (Å²) in [5, 5.41) is 0. The molecule has 2 aliphatic rings. The molecule has 0 saturated heterocycles. The molecule has 2 aliphatic carbocycles. The Labute approximate surface area is 61.8 Å².